The minimum absolute atomic E-state index is 0.208. The maximum Gasteiger partial charge on any atom is 0.433 e. The van der Waals surface area contributed by atoms with Crippen LogP contribution in [0.15, 0.2) is 12.1 Å². The van der Waals surface area contributed by atoms with Gasteiger partial charge in [-0.25, -0.2) is 4.98 Å². The third kappa shape index (κ3) is 2.10. The van der Waals surface area contributed by atoms with Gasteiger partial charge in [0, 0.05) is 12.6 Å². The van der Waals surface area contributed by atoms with Crippen LogP contribution in [0.2, 0.25) is 0 Å². The molecule has 3 rings (SSSR count). The van der Waals surface area contributed by atoms with E-state index in [1.807, 2.05) is 4.90 Å². The molecule has 4 nitrogen and oxygen atoms in total. The van der Waals surface area contributed by atoms with Crippen molar-refractivity contribution in [2.45, 2.75) is 31.5 Å². The average Bonchev–Trinajstić information content (AvgIpc) is 2.99. The molecule has 1 aromatic rings. The normalized spacial score (nSPS) is 25.2. The van der Waals surface area contributed by atoms with E-state index in [0.29, 0.717) is 12.5 Å². The molecule has 1 saturated heterocycles. The Labute approximate surface area is 114 Å². The number of hydrogen-bond donors (Lipinski definition) is 2. The van der Waals surface area contributed by atoms with Gasteiger partial charge in [0.05, 0.1) is 5.56 Å². The van der Waals surface area contributed by atoms with E-state index >= 15 is 0 Å². The van der Waals surface area contributed by atoms with E-state index in [1.165, 1.54) is 6.07 Å². The van der Waals surface area contributed by atoms with Gasteiger partial charge in [0.15, 0.2) is 0 Å². The molecule has 1 aromatic heterocycles. The Morgan fingerprint density at radius 2 is 2.10 bits per heavy atom. The Kier molecular flexibility index (Phi) is 2.88. The zero-order chi connectivity index (χ0) is 14.5. The van der Waals surface area contributed by atoms with E-state index in [9.17, 15) is 13.2 Å². The molecule has 1 aliphatic heterocycles. The quantitative estimate of drug-likeness (QED) is 0.647. The second kappa shape index (κ2) is 4.36. The number of anilines is 1. The number of halogens is 3. The first-order valence-electron chi connectivity index (χ1n) is 6.55. The molecule has 1 aliphatic carbocycles. The predicted octanol–water partition coefficient (Wildman–Crippen LogP) is 2.37. The average molecular weight is 284 g/mol. The van der Waals surface area contributed by atoms with Gasteiger partial charge in [-0.15, -0.1) is 0 Å². The zero-order valence-corrected chi connectivity index (χ0v) is 10.7. The topological polar surface area (TPSA) is 66.0 Å². The zero-order valence-electron chi connectivity index (χ0n) is 10.7. The SMILES string of the molecule is N=C(N)c1ccc(C(F)(F)F)nc1N1CC2CCC1C2. The monoisotopic (exact) mass is 284 g/mol. The number of rotatable bonds is 2. The summed E-state index contributed by atoms with van der Waals surface area (Å²) >= 11 is 0. The summed E-state index contributed by atoms with van der Waals surface area (Å²) in [5.74, 6) is 0.486. The molecule has 108 valence electrons. The van der Waals surface area contributed by atoms with Crippen LogP contribution >= 0.6 is 0 Å². The molecular weight excluding hydrogens is 269 g/mol. The number of hydrogen-bond acceptors (Lipinski definition) is 3. The minimum atomic E-state index is -4.48. The van der Waals surface area contributed by atoms with Crippen LogP contribution in [0.1, 0.15) is 30.5 Å². The number of nitrogens with one attached hydrogen (secondary N) is 1. The van der Waals surface area contributed by atoms with Gasteiger partial charge in [-0.3, -0.25) is 5.41 Å². The van der Waals surface area contributed by atoms with Gasteiger partial charge in [0.25, 0.3) is 0 Å². The Hall–Kier alpha value is -1.79. The van der Waals surface area contributed by atoms with E-state index in [4.69, 9.17) is 11.1 Å². The van der Waals surface area contributed by atoms with E-state index in [0.717, 1.165) is 25.3 Å². The van der Waals surface area contributed by atoms with Crippen molar-refractivity contribution >= 4 is 11.7 Å². The number of pyridine rings is 1. The highest BCUT2D eigenvalue weighted by molar-refractivity contribution is 5.99. The van der Waals surface area contributed by atoms with E-state index in [1.54, 1.807) is 0 Å². The summed E-state index contributed by atoms with van der Waals surface area (Å²) in [5, 5.41) is 7.53. The summed E-state index contributed by atoms with van der Waals surface area (Å²) in [6.45, 7) is 0.708. The van der Waals surface area contributed by atoms with Gasteiger partial charge in [0.1, 0.15) is 17.3 Å². The summed E-state index contributed by atoms with van der Waals surface area (Å²) < 4.78 is 38.4. The van der Waals surface area contributed by atoms with E-state index < -0.39 is 11.9 Å². The maximum absolute atomic E-state index is 12.8. The molecule has 0 spiro atoms. The van der Waals surface area contributed by atoms with Crippen molar-refractivity contribution in [2.24, 2.45) is 11.7 Å². The number of nitrogens with zero attached hydrogens (tertiary/aromatic N) is 2. The molecule has 0 radical (unpaired) electrons. The van der Waals surface area contributed by atoms with Crippen molar-refractivity contribution in [2.75, 3.05) is 11.4 Å². The lowest BCUT2D eigenvalue weighted by atomic mass is 10.1. The molecule has 2 aliphatic rings. The molecule has 2 atom stereocenters. The number of nitrogens with two attached hydrogens (primary N) is 1. The Bertz CT molecular complexity index is 555. The maximum atomic E-state index is 12.8. The van der Waals surface area contributed by atoms with E-state index in [2.05, 4.69) is 4.98 Å². The third-order valence-corrected chi connectivity index (χ3v) is 4.14. The highest BCUT2D eigenvalue weighted by Gasteiger charge is 2.41. The van der Waals surface area contributed by atoms with Crippen LogP contribution in [0.5, 0.6) is 0 Å². The fourth-order valence-electron chi connectivity index (χ4n) is 3.22. The summed E-state index contributed by atoms with van der Waals surface area (Å²) in [7, 11) is 0. The molecule has 0 aromatic carbocycles. The first kappa shape index (κ1) is 13.2. The van der Waals surface area contributed by atoms with Gasteiger partial charge >= 0.3 is 6.18 Å². The molecule has 2 unspecified atom stereocenters. The van der Waals surface area contributed by atoms with Crippen molar-refractivity contribution in [3.8, 4) is 0 Å². The minimum Gasteiger partial charge on any atom is -0.384 e. The highest BCUT2D eigenvalue weighted by Crippen LogP contribution is 2.41. The second-order valence-corrected chi connectivity index (χ2v) is 5.46. The van der Waals surface area contributed by atoms with Gasteiger partial charge in [-0.1, -0.05) is 0 Å². The second-order valence-electron chi connectivity index (χ2n) is 5.46. The first-order valence-corrected chi connectivity index (χ1v) is 6.55. The highest BCUT2D eigenvalue weighted by atomic mass is 19.4. The molecule has 1 saturated carbocycles. The van der Waals surface area contributed by atoms with Crippen LogP contribution in [0.3, 0.4) is 0 Å². The van der Waals surface area contributed by atoms with Crippen LogP contribution in [-0.2, 0) is 6.18 Å². The van der Waals surface area contributed by atoms with E-state index in [-0.39, 0.29) is 23.3 Å². The van der Waals surface area contributed by atoms with Crippen LogP contribution in [0.4, 0.5) is 19.0 Å². The molecule has 7 heteroatoms. The predicted molar refractivity (Wildman–Crippen MR) is 68.7 cm³/mol. The Morgan fingerprint density at radius 1 is 1.35 bits per heavy atom. The number of fused-ring (bicyclic) bond motifs is 2. The molecular formula is C13H15F3N4. The van der Waals surface area contributed by atoms with Crippen molar-refractivity contribution in [3.63, 3.8) is 0 Å². The van der Waals surface area contributed by atoms with Crippen LogP contribution in [0, 0.1) is 11.3 Å². The van der Waals surface area contributed by atoms with Crippen molar-refractivity contribution in [1.82, 2.24) is 4.98 Å². The molecule has 2 bridgehead atoms. The Balaban J connectivity index is 2.04. The lowest BCUT2D eigenvalue weighted by molar-refractivity contribution is -0.141. The van der Waals surface area contributed by atoms with Gasteiger partial charge < -0.3 is 10.6 Å². The largest absolute Gasteiger partial charge is 0.433 e. The lowest BCUT2D eigenvalue weighted by Crippen LogP contribution is -2.35. The number of alkyl halides is 3. The summed E-state index contributed by atoms with van der Waals surface area (Å²) in [6.07, 6.45) is -1.40. The summed E-state index contributed by atoms with van der Waals surface area (Å²) in [6, 6.07) is 2.36. The fraction of sp³-hybridized carbons (Fsp3) is 0.538. The van der Waals surface area contributed by atoms with Crippen molar-refractivity contribution in [1.29, 1.82) is 5.41 Å². The standard InChI is InChI=1S/C13H15F3N4/c14-13(15,16)10-4-3-9(11(17)18)12(19-10)20-6-7-1-2-8(20)5-7/h3-4,7-8H,1-2,5-6H2,(H3,17,18). The van der Waals surface area contributed by atoms with Gasteiger partial charge in [0.2, 0.25) is 0 Å². The number of aromatic nitrogens is 1. The summed E-state index contributed by atoms with van der Waals surface area (Å²) in [5.41, 5.74) is 4.83. The van der Waals surface area contributed by atoms with Crippen molar-refractivity contribution in [3.05, 3.63) is 23.4 Å². The summed E-state index contributed by atoms with van der Waals surface area (Å²) in [4.78, 5) is 5.64. The van der Waals surface area contributed by atoms with Crippen molar-refractivity contribution < 1.29 is 13.2 Å². The molecule has 2 heterocycles. The number of piperidine rings is 1. The van der Waals surface area contributed by atoms with Gasteiger partial charge in [-0.05, 0) is 37.3 Å². The fourth-order valence-corrected chi connectivity index (χ4v) is 3.22. The third-order valence-electron chi connectivity index (χ3n) is 4.14. The number of amidine groups is 1. The molecule has 0 amide bonds. The molecule has 20 heavy (non-hydrogen) atoms. The van der Waals surface area contributed by atoms with Crippen LogP contribution in [0.25, 0.3) is 0 Å². The lowest BCUT2D eigenvalue weighted by Gasteiger charge is -2.30. The van der Waals surface area contributed by atoms with Crippen LogP contribution < -0.4 is 10.6 Å². The molecule has 3 N–H and O–H groups in total. The number of nitrogen functional groups attached to an aromatic ring is 1. The Morgan fingerprint density at radius 3 is 2.60 bits per heavy atom. The first-order chi connectivity index (χ1) is 9.36. The molecule has 2 fully saturated rings. The smallest absolute Gasteiger partial charge is 0.384 e. The van der Waals surface area contributed by atoms with Crippen LogP contribution in [-0.4, -0.2) is 23.4 Å². The van der Waals surface area contributed by atoms with Gasteiger partial charge in [-0.2, -0.15) is 13.2 Å².